The molecule has 19 heavy (non-hydrogen) atoms. The highest BCUT2D eigenvalue weighted by molar-refractivity contribution is 5.79. The van der Waals surface area contributed by atoms with Crippen molar-refractivity contribution >= 4 is 16.9 Å². The number of aromatic nitrogens is 2. The lowest BCUT2D eigenvalue weighted by atomic mass is 10.1. The molecule has 0 aliphatic heterocycles. The number of imidazole rings is 1. The molecule has 1 aromatic heterocycles. The van der Waals surface area contributed by atoms with Crippen molar-refractivity contribution in [2.45, 2.75) is 13.5 Å². The number of fused-ring (bicyclic) bond motifs is 1. The largest absolute Gasteiger partial charge is 0.341 e. The Morgan fingerprint density at radius 3 is 2.95 bits per heavy atom. The highest BCUT2D eigenvalue weighted by Crippen LogP contribution is 2.15. The van der Waals surface area contributed by atoms with E-state index in [1.54, 1.807) is 18.3 Å². The fourth-order valence-electron chi connectivity index (χ4n) is 2.11. The summed E-state index contributed by atoms with van der Waals surface area (Å²) in [6, 6.07) is 6.08. The molecule has 1 unspecified atom stereocenters. The summed E-state index contributed by atoms with van der Waals surface area (Å²) < 4.78 is 1.98. The smallest absolute Gasteiger partial charge is 0.226 e. The van der Waals surface area contributed by atoms with Gasteiger partial charge in [-0.05, 0) is 17.7 Å². The van der Waals surface area contributed by atoms with Crippen molar-refractivity contribution in [3.8, 4) is 0 Å². The normalized spacial score (nSPS) is 12.6. The molecule has 0 radical (unpaired) electrons. The summed E-state index contributed by atoms with van der Waals surface area (Å²) >= 11 is 0. The lowest BCUT2D eigenvalue weighted by molar-refractivity contribution is -0.133. The van der Waals surface area contributed by atoms with Crippen molar-refractivity contribution in [3.63, 3.8) is 0 Å². The van der Waals surface area contributed by atoms with Crippen LogP contribution in [0, 0.1) is 5.92 Å². The van der Waals surface area contributed by atoms with Gasteiger partial charge in [-0.15, -0.1) is 0 Å². The van der Waals surface area contributed by atoms with Crippen LogP contribution in [0.5, 0.6) is 0 Å². The Balaban J connectivity index is 2.15. The van der Waals surface area contributed by atoms with Crippen LogP contribution in [-0.4, -0.2) is 34.0 Å². The first-order valence-electron chi connectivity index (χ1n) is 6.38. The number of aryl methyl sites for hydroxylation is 1. The monoisotopic (exact) mass is 260 g/mol. The predicted molar refractivity (Wildman–Crippen MR) is 75.4 cm³/mol. The van der Waals surface area contributed by atoms with Crippen molar-refractivity contribution in [1.82, 2.24) is 14.5 Å². The Morgan fingerprint density at radius 1 is 1.53 bits per heavy atom. The van der Waals surface area contributed by atoms with Crippen LogP contribution in [0.25, 0.3) is 11.0 Å². The molecule has 1 atom stereocenters. The average Bonchev–Trinajstić information content (AvgIpc) is 2.78. The molecule has 2 rings (SSSR count). The molecule has 102 valence electrons. The van der Waals surface area contributed by atoms with Crippen LogP contribution >= 0.6 is 0 Å². The highest BCUT2D eigenvalue weighted by Gasteiger charge is 2.16. The van der Waals surface area contributed by atoms with Gasteiger partial charge in [0.25, 0.3) is 0 Å². The van der Waals surface area contributed by atoms with Gasteiger partial charge in [0, 0.05) is 33.1 Å². The molecule has 1 aromatic carbocycles. The molecule has 0 bridgehead atoms. The Hall–Kier alpha value is -1.88. The number of hydrogen-bond acceptors (Lipinski definition) is 3. The lowest BCUT2D eigenvalue weighted by Gasteiger charge is -2.20. The van der Waals surface area contributed by atoms with Gasteiger partial charge in [-0.2, -0.15) is 0 Å². The Kier molecular flexibility index (Phi) is 3.85. The van der Waals surface area contributed by atoms with Gasteiger partial charge in [0.1, 0.15) is 0 Å². The zero-order chi connectivity index (χ0) is 14.0. The first-order chi connectivity index (χ1) is 9.02. The molecular weight excluding hydrogens is 240 g/mol. The second-order valence-corrected chi connectivity index (χ2v) is 5.01. The average molecular weight is 260 g/mol. The van der Waals surface area contributed by atoms with E-state index in [0.29, 0.717) is 13.1 Å². The molecule has 1 heterocycles. The Labute approximate surface area is 113 Å². The third-order valence-electron chi connectivity index (χ3n) is 3.36. The fourth-order valence-corrected chi connectivity index (χ4v) is 2.11. The van der Waals surface area contributed by atoms with E-state index in [0.717, 1.165) is 16.6 Å². The predicted octanol–water partition coefficient (Wildman–Crippen LogP) is 1.13. The van der Waals surface area contributed by atoms with Crippen LogP contribution in [-0.2, 0) is 18.4 Å². The number of nitrogens with zero attached hydrogens (tertiary/aromatic N) is 3. The summed E-state index contributed by atoms with van der Waals surface area (Å²) in [5.74, 6) is -0.0628. The number of amides is 1. The lowest BCUT2D eigenvalue weighted by Crippen LogP contribution is -2.34. The maximum Gasteiger partial charge on any atom is 0.226 e. The summed E-state index contributed by atoms with van der Waals surface area (Å²) in [6.07, 6.45) is 1.79. The van der Waals surface area contributed by atoms with Crippen molar-refractivity contribution in [3.05, 3.63) is 30.1 Å². The van der Waals surface area contributed by atoms with Crippen molar-refractivity contribution < 1.29 is 4.79 Å². The first-order valence-corrected chi connectivity index (χ1v) is 6.38. The van der Waals surface area contributed by atoms with E-state index in [4.69, 9.17) is 5.73 Å². The molecule has 2 aromatic rings. The minimum atomic E-state index is -0.136. The van der Waals surface area contributed by atoms with Gasteiger partial charge in [-0.25, -0.2) is 4.98 Å². The highest BCUT2D eigenvalue weighted by atomic mass is 16.2. The van der Waals surface area contributed by atoms with E-state index in [2.05, 4.69) is 4.98 Å². The van der Waals surface area contributed by atoms with Gasteiger partial charge < -0.3 is 15.2 Å². The third-order valence-corrected chi connectivity index (χ3v) is 3.36. The summed E-state index contributed by atoms with van der Waals surface area (Å²) in [5, 5.41) is 0. The molecule has 0 aliphatic carbocycles. The Bertz CT molecular complexity index is 590. The SMILES string of the molecule is CC(CN)C(=O)N(C)Cc1ccc2c(c1)ncn2C. The van der Waals surface area contributed by atoms with Crippen LogP contribution in [0.3, 0.4) is 0 Å². The van der Waals surface area contributed by atoms with E-state index in [1.165, 1.54) is 0 Å². The number of carbonyl (C=O) groups excluding carboxylic acids is 1. The maximum absolute atomic E-state index is 12.0. The number of hydrogen-bond donors (Lipinski definition) is 1. The Morgan fingerprint density at radius 2 is 2.26 bits per heavy atom. The van der Waals surface area contributed by atoms with Crippen molar-refractivity contribution in [1.29, 1.82) is 0 Å². The molecule has 0 saturated heterocycles. The third kappa shape index (κ3) is 2.76. The molecule has 0 aliphatic rings. The van der Waals surface area contributed by atoms with E-state index in [1.807, 2.05) is 36.7 Å². The summed E-state index contributed by atoms with van der Waals surface area (Å²) in [6.45, 7) is 2.80. The summed E-state index contributed by atoms with van der Waals surface area (Å²) in [4.78, 5) is 18.0. The molecular formula is C14H20N4O. The molecule has 5 nitrogen and oxygen atoms in total. The van der Waals surface area contributed by atoms with E-state index in [9.17, 15) is 4.79 Å². The number of rotatable bonds is 4. The van der Waals surface area contributed by atoms with E-state index >= 15 is 0 Å². The van der Waals surface area contributed by atoms with Gasteiger partial charge in [0.2, 0.25) is 5.91 Å². The number of benzene rings is 1. The van der Waals surface area contributed by atoms with Gasteiger partial charge in [-0.1, -0.05) is 13.0 Å². The van der Waals surface area contributed by atoms with Crippen molar-refractivity contribution in [2.24, 2.45) is 18.7 Å². The van der Waals surface area contributed by atoms with E-state index in [-0.39, 0.29) is 11.8 Å². The molecule has 0 fully saturated rings. The second-order valence-electron chi connectivity index (χ2n) is 5.01. The van der Waals surface area contributed by atoms with Crippen LogP contribution in [0.15, 0.2) is 24.5 Å². The van der Waals surface area contributed by atoms with Crippen LogP contribution in [0.1, 0.15) is 12.5 Å². The standard InChI is InChI=1S/C14H20N4O/c1-10(7-15)14(19)17(2)8-11-4-5-13-12(6-11)16-9-18(13)3/h4-6,9-10H,7-8,15H2,1-3H3. The second kappa shape index (κ2) is 5.40. The van der Waals surface area contributed by atoms with Crippen LogP contribution in [0.2, 0.25) is 0 Å². The van der Waals surface area contributed by atoms with Crippen LogP contribution < -0.4 is 5.73 Å². The minimum Gasteiger partial charge on any atom is -0.341 e. The zero-order valence-electron chi connectivity index (χ0n) is 11.6. The quantitative estimate of drug-likeness (QED) is 0.896. The number of nitrogens with two attached hydrogens (primary N) is 1. The summed E-state index contributed by atoms with van der Waals surface area (Å²) in [5.41, 5.74) is 8.64. The van der Waals surface area contributed by atoms with Gasteiger partial charge in [0.15, 0.2) is 0 Å². The molecule has 0 saturated carbocycles. The van der Waals surface area contributed by atoms with Gasteiger partial charge in [0.05, 0.1) is 17.4 Å². The molecule has 0 spiro atoms. The molecule has 5 heteroatoms. The van der Waals surface area contributed by atoms with E-state index < -0.39 is 0 Å². The summed E-state index contributed by atoms with van der Waals surface area (Å²) in [7, 11) is 3.77. The maximum atomic E-state index is 12.0. The van der Waals surface area contributed by atoms with Crippen molar-refractivity contribution in [2.75, 3.05) is 13.6 Å². The first kappa shape index (κ1) is 13.5. The van der Waals surface area contributed by atoms with Gasteiger partial charge >= 0.3 is 0 Å². The number of carbonyl (C=O) groups is 1. The minimum absolute atomic E-state index is 0.0728. The molecule has 2 N–H and O–H groups in total. The topological polar surface area (TPSA) is 64.2 Å². The van der Waals surface area contributed by atoms with Gasteiger partial charge in [-0.3, -0.25) is 4.79 Å². The molecule has 1 amide bonds. The zero-order valence-corrected chi connectivity index (χ0v) is 11.6. The fraction of sp³-hybridized carbons (Fsp3) is 0.429. The van der Waals surface area contributed by atoms with Crippen LogP contribution in [0.4, 0.5) is 0 Å².